The van der Waals surface area contributed by atoms with E-state index < -0.39 is 0 Å². The van der Waals surface area contributed by atoms with Crippen molar-refractivity contribution < 1.29 is 14.3 Å². The third kappa shape index (κ3) is 3.51. The molecule has 1 saturated heterocycles. The van der Waals surface area contributed by atoms with E-state index in [-0.39, 0.29) is 12.1 Å². The molecule has 7 nitrogen and oxygen atoms in total. The lowest BCUT2D eigenvalue weighted by molar-refractivity contribution is -0.145. The highest BCUT2D eigenvalue weighted by molar-refractivity contribution is 5.69. The molecule has 0 saturated carbocycles. The molecule has 1 aromatic rings. The molecule has 2 rings (SSSR count). The van der Waals surface area contributed by atoms with Crippen molar-refractivity contribution in [2.75, 3.05) is 26.8 Å². The lowest BCUT2D eigenvalue weighted by Gasteiger charge is -2.31. The molecule has 1 fully saturated rings. The largest absolute Gasteiger partial charge is 0.469 e. The summed E-state index contributed by atoms with van der Waals surface area (Å²) in [5.41, 5.74) is 0.927. The highest BCUT2D eigenvalue weighted by atomic mass is 16.5. The number of carbonyl (C=O) groups excluding carboxylic acids is 1. The Labute approximate surface area is 106 Å². The molecule has 18 heavy (non-hydrogen) atoms. The van der Waals surface area contributed by atoms with E-state index in [1.54, 1.807) is 4.68 Å². The molecule has 0 radical (unpaired) electrons. The highest BCUT2D eigenvalue weighted by Gasteiger charge is 2.23. The van der Waals surface area contributed by atoms with Gasteiger partial charge in [0, 0.05) is 32.9 Å². The van der Waals surface area contributed by atoms with Crippen LogP contribution >= 0.6 is 0 Å². The third-order valence-electron chi connectivity index (χ3n) is 2.88. The predicted octanol–water partition coefficient (Wildman–Crippen LogP) is -0.421. The first kappa shape index (κ1) is 13.0. The minimum Gasteiger partial charge on any atom is -0.469 e. The fraction of sp³-hybridized carbons (Fsp3) is 0.727. The summed E-state index contributed by atoms with van der Waals surface area (Å²) in [5, 5.41) is 7.95. The standard InChI is InChI=1S/C11H18N4O3/c1-14-6-9(12-13-14)7-15-3-4-18-10(8-15)5-11(16)17-2/h6,10H,3-5,7-8H2,1-2H3. The molecule has 0 bridgehead atoms. The van der Waals surface area contributed by atoms with Gasteiger partial charge in [-0.15, -0.1) is 5.10 Å². The van der Waals surface area contributed by atoms with Gasteiger partial charge < -0.3 is 9.47 Å². The van der Waals surface area contributed by atoms with Crippen molar-refractivity contribution in [2.24, 2.45) is 7.05 Å². The lowest BCUT2D eigenvalue weighted by atomic mass is 10.2. The Bertz CT molecular complexity index is 407. The van der Waals surface area contributed by atoms with Crippen LogP contribution in [0.5, 0.6) is 0 Å². The van der Waals surface area contributed by atoms with Gasteiger partial charge in [0.1, 0.15) is 0 Å². The molecular formula is C11H18N4O3. The van der Waals surface area contributed by atoms with Crippen molar-refractivity contribution in [3.8, 4) is 0 Å². The first-order chi connectivity index (χ1) is 8.67. The van der Waals surface area contributed by atoms with Gasteiger partial charge in [-0.2, -0.15) is 0 Å². The van der Waals surface area contributed by atoms with Crippen LogP contribution in [0.2, 0.25) is 0 Å². The SMILES string of the molecule is COC(=O)CC1CN(Cc2cn(C)nn2)CCO1. The average Bonchev–Trinajstić information content (AvgIpc) is 2.75. The van der Waals surface area contributed by atoms with Gasteiger partial charge >= 0.3 is 5.97 Å². The Morgan fingerprint density at radius 2 is 2.50 bits per heavy atom. The minimum absolute atomic E-state index is 0.0946. The minimum atomic E-state index is -0.235. The maximum Gasteiger partial charge on any atom is 0.308 e. The summed E-state index contributed by atoms with van der Waals surface area (Å²) in [7, 11) is 3.23. The van der Waals surface area contributed by atoms with Gasteiger partial charge in [-0.25, -0.2) is 0 Å². The Balaban J connectivity index is 1.84. The van der Waals surface area contributed by atoms with E-state index in [2.05, 4.69) is 19.9 Å². The molecule has 1 atom stereocenters. The zero-order valence-corrected chi connectivity index (χ0v) is 10.7. The smallest absolute Gasteiger partial charge is 0.308 e. The number of aryl methyl sites for hydroxylation is 1. The van der Waals surface area contributed by atoms with Crippen LogP contribution in [0.3, 0.4) is 0 Å². The second-order valence-electron chi connectivity index (χ2n) is 4.39. The number of methoxy groups -OCH3 is 1. The molecule has 1 aromatic heterocycles. The van der Waals surface area contributed by atoms with Gasteiger partial charge in [0.2, 0.25) is 0 Å². The predicted molar refractivity (Wildman–Crippen MR) is 62.7 cm³/mol. The van der Waals surface area contributed by atoms with Gasteiger partial charge in [0.05, 0.1) is 31.9 Å². The monoisotopic (exact) mass is 254 g/mol. The normalized spacial score (nSPS) is 20.9. The maximum atomic E-state index is 11.2. The molecule has 0 aromatic carbocycles. The van der Waals surface area contributed by atoms with Crippen LogP contribution in [-0.4, -0.2) is 58.8 Å². The fourth-order valence-corrected chi connectivity index (χ4v) is 2.01. The molecule has 100 valence electrons. The molecule has 0 N–H and O–H groups in total. The fourth-order valence-electron chi connectivity index (χ4n) is 2.01. The number of morpholine rings is 1. The molecule has 1 aliphatic rings. The number of hydrogen-bond acceptors (Lipinski definition) is 6. The van der Waals surface area contributed by atoms with Crippen LogP contribution in [0.25, 0.3) is 0 Å². The van der Waals surface area contributed by atoms with E-state index in [1.165, 1.54) is 7.11 Å². The summed E-state index contributed by atoms with van der Waals surface area (Å²) in [5.74, 6) is -0.235. The van der Waals surface area contributed by atoms with Gasteiger partial charge in [0.15, 0.2) is 0 Å². The van der Waals surface area contributed by atoms with E-state index in [9.17, 15) is 4.79 Å². The van der Waals surface area contributed by atoms with Gasteiger partial charge in [0.25, 0.3) is 0 Å². The molecule has 7 heteroatoms. The Kier molecular flexibility index (Phi) is 4.27. The van der Waals surface area contributed by atoms with Crippen molar-refractivity contribution >= 4 is 5.97 Å². The molecule has 0 amide bonds. The maximum absolute atomic E-state index is 11.2. The second kappa shape index (κ2) is 5.92. The molecule has 1 aliphatic heterocycles. The van der Waals surface area contributed by atoms with E-state index in [0.717, 1.165) is 18.8 Å². The average molecular weight is 254 g/mol. The van der Waals surface area contributed by atoms with Crippen LogP contribution in [0, 0.1) is 0 Å². The number of carbonyl (C=O) groups is 1. The Hall–Kier alpha value is -1.47. The lowest BCUT2D eigenvalue weighted by Crippen LogP contribution is -2.42. The van der Waals surface area contributed by atoms with Crippen molar-refractivity contribution in [3.63, 3.8) is 0 Å². The highest BCUT2D eigenvalue weighted by Crippen LogP contribution is 2.11. The number of hydrogen-bond donors (Lipinski definition) is 0. The molecular weight excluding hydrogens is 236 g/mol. The topological polar surface area (TPSA) is 69.5 Å². The molecule has 0 aliphatic carbocycles. The molecule has 2 heterocycles. The molecule has 1 unspecified atom stereocenters. The first-order valence-electron chi connectivity index (χ1n) is 5.93. The summed E-state index contributed by atoms with van der Waals surface area (Å²) in [6, 6.07) is 0. The quantitative estimate of drug-likeness (QED) is 0.680. The van der Waals surface area contributed by atoms with Gasteiger partial charge in [-0.1, -0.05) is 5.21 Å². The number of rotatable bonds is 4. The first-order valence-corrected chi connectivity index (χ1v) is 5.93. The zero-order valence-electron chi connectivity index (χ0n) is 10.7. The number of esters is 1. The van der Waals surface area contributed by atoms with E-state index in [1.807, 2.05) is 13.2 Å². The summed E-state index contributed by atoms with van der Waals surface area (Å²) in [6.07, 6.45) is 2.10. The van der Waals surface area contributed by atoms with Crippen LogP contribution < -0.4 is 0 Å². The van der Waals surface area contributed by atoms with Crippen molar-refractivity contribution in [3.05, 3.63) is 11.9 Å². The number of nitrogens with zero attached hydrogens (tertiary/aromatic N) is 4. The number of aromatic nitrogens is 3. The van der Waals surface area contributed by atoms with Crippen LogP contribution in [0.15, 0.2) is 6.20 Å². The molecule has 0 spiro atoms. The van der Waals surface area contributed by atoms with Crippen molar-refractivity contribution in [1.29, 1.82) is 0 Å². The second-order valence-corrected chi connectivity index (χ2v) is 4.39. The summed E-state index contributed by atoms with van der Waals surface area (Å²) < 4.78 is 11.9. The third-order valence-corrected chi connectivity index (χ3v) is 2.88. The van der Waals surface area contributed by atoms with E-state index in [0.29, 0.717) is 19.6 Å². The van der Waals surface area contributed by atoms with Gasteiger partial charge in [-0.05, 0) is 0 Å². The zero-order chi connectivity index (χ0) is 13.0. The summed E-state index contributed by atoms with van der Waals surface area (Å²) in [6.45, 7) is 2.91. The van der Waals surface area contributed by atoms with Gasteiger partial charge in [-0.3, -0.25) is 14.4 Å². The summed E-state index contributed by atoms with van der Waals surface area (Å²) in [4.78, 5) is 13.4. The van der Waals surface area contributed by atoms with Crippen molar-refractivity contribution in [1.82, 2.24) is 19.9 Å². The van der Waals surface area contributed by atoms with Crippen LogP contribution in [0.4, 0.5) is 0 Å². The number of ether oxygens (including phenoxy) is 2. The van der Waals surface area contributed by atoms with Crippen molar-refractivity contribution in [2.45, 2.75) is 19.1 Å². The van der Waals surface area contributed by atoms with Crippen LogP contribution in [0.1, 0.15) is 12.1 Å². The van der Waals surface area contributed by atoms with E-state index >= 15 is 0 Å². The Morgan fingerprint density at radius 3 is 3.17 bits per heavy atom. The summed E-state index contributed by atoms with van der Waals surface area (Å²) >= 11 is 0. The van der Waals surface area contributed by atoms with E-state index in [4.69, 9.17) is 4.74 Å². The van der Waals surface area contributed by atoms with Crippen LogP contribution in [-0.2, 0) is 27.9 Å². The Morgan fingerprint density at radius 1 is 1.67 bits per heavy atom.